The third-order valence-electron chi connectivity index (χ3n) is 6.50. The smallest absolute Gasteiger partial charge is 0.222 e. The topological polar surface area (TPSA) is 49.0 Å². The summed E-state index contributed by atoms with van der Waals surface area (Å²) in [5.41, 5.74) is 5.16. The van der Waals surface area contributed by atoms with Crippen LogP contribution in [0.3, 0.4) is 0 Å². The molecule has 2 aromatic heterocycles. The van der Waals surface area contributed by atoms with E-state index >= 15 is 0 Å². The zero-order valence-electron chi connectivity index (χ0n) is 18.2. The van der Waals surface area contributed by atoms with Crippen molar-refractivity contribution in [2.75, 3.05) is 13.1 Å². The Morgan fingerprint density at radius 3 is 2.66 bits per heavy atom. The minimum atomic E-state index is 0.287. The van der Waals surface area contributed by atoms with E-state index in [1.165, 1.54) is 18.4 Å². The molecule has 3 heterocycles. The van der Waals surface area contributed by atoms with Gasteiger partial charge in [0.05, 0.1) is 16.9 Å². The molecule has 0 aliphatic carbocycles. The van der Waals surface area contributed by atoms with Gasteiger partial charge in [0.2, 0.25) is 5.91 Å². The van der Waals surface area contributed by atoms with Crippen LogP contribution in [0, 0.1) is 0 Å². The number of nitrogens with zero attached hydrogens (tertiary/aromatic N) is 2. The van der Waals surface area contributed by atoms with E-state index in [9.17, 15) is 4.79 Å². The lowest BCUT2D eigenvalue weighted by molar-refractivity contribution is -0.131. The van der Waals surface area contributed by atoms with E-state index in [2.05, 4.69) is 28.1 Å². The molecule has 0 unspecified atom stereocenters. The van der Waals surface area contributed by atoms with E-state index in [1.54, 1.807) is 0 Å². The molecule has 164 valence electrons. The second-order valence-electron chi connectivity index (χ2n) is 8.71. The minimum Gasteiger partial charge on any atom is -0.353 e. The van der Waals surface area contributed by atoms with Gasteiger partial charge in [0.15, 0.2) is 0 Å². The summed E-state index contributed by atoms with van der Waals surface area (Å²) in [6.45, 7) is 1.82. The zero-order valence-corrected chi connectivity index (χ0v) is 19.0. The van der Waals surface area contributed by atoms with Crippen molar-refractivity contribution in [3.05, 3.63) is 65.2 Å². The number of rotatable bonds is 5. The quantitative estimate of drug-likeness (QED) is 0.368. The molecule has 1 fully saturated rings. The molecule has 5 heteroatoms. The molecule has 2 aromatic carbocycles. The number of aromatic nitrogens is 2. The van der Waals surface area contributed by atoms with Gasteiger partial charge in [0.25, 0.3) is 0 Å². The maximum absolute atomic E-state index is 12.8. The third-order valence-corrected chi connectivity index (χ3v) is 6.73. The molecule has 0 spiro atoms. The number of nitrogens with one attached hydrogen (secondary N) is 1. The van der Waals surface area contributed by atoms with Crippen LogP contribution >= 0.6 is 11.6 Å². The minimum absolute atomic E-state index is 0.287. The average molecular weight is 446 g/mol. The highest BCUT2D eigenvalue weighted by molar-refractivity contribution is 6.31. The van der Waals surface area contributed by atoms with Crippen LogP contribution in [-0.2, 0) is 11.2 Å². The number of amides is 1. The summed E-state index contributed by atoms with van der Waals surface area (Å²) in [4.78, 5) is 23.3. The standard InChI is InChI=1S/C27H28ClN3O/c28-20-13-15-24-22(18-20)21(9-7-11-26(32)31-16-5-1-2-6-17-31)27(30-24)25-14-12-19-8-3-4-10-23(19)29-25/h3-4,8,10,12-15,18,30H,1-2,5-7,9,11,16-17H2. The van der Waals surface area contributed by atoms with Crippen molar-refractivity contribution in [1.29, 1.82) is 0 Å². The zero-order chi connectivity index (χ0) is 21.9. The molecular weight excluding hydrogens is 418 g/mol. The Labute approximate surface area is 193 Å². The average Bonchev–Trinajstić information content (AvgIpc) is 2.98. The highest BCUT2D eigenvalue weighted by atomic mass is 35.5. The van der Waals surface area contributed by atoms with E-state index in [-0.39, 0.29) is 5.91 Å². The molecule has 1 saturated heterocycles. The van der Waals surface area contributed by atoms with Gasteiger partial charge in [-0.05, 0) is 61.6 Å². The molecular formula is C27H28ClN3O. The first kappa shape index (κ1) is 21.0. The normalized spacial score (nSPS) is 14.7. The molecule has 0 saturated carbocycles. The lowest BCUT2D eigenvalue weighted by Crippen LogP contribution is -2.31. The van der Waals surface area contributed by atoms with Crippen LogP contribution in [0.15, 0.2) is 54.6 Å². The number of aromatic amines is 1. The van der Waals surface area contributed by atoms with Gasteiger partial charge in [-0.1, -0.05) is 48.7 Å². The van der Waals surface area contributed by atoms with Crippen LogP contribution in [0.2, 0.25) is 5.02 Å². The number of hydrogen-bond donors (Lipinski definition) is 1. The van der Waals surface area contributed by atoms with Crippen molar-refractivity contribution >= 4 is 39.3 Å². The summed E-state index contributed by atoms with van der Waals surface area (Å²) in [5.74, 6) is 0.287. The molecule has 4 nitrogen and oxygen atoms in total. The summed E-state index contributed by atoms with van der Waals surface area (Å²) in [6, 6.07) is 18.3. The molecule has 0 atom stereocenters. The Hall–Kier alpha value is -2.85. The monoisotopic (exact) mass is 445 g/mol. The largest absolute Gasteiger partial charge is 0.353 e. The Kier molecular flexibility index (Phi) is 6.13. The predicted molar refractivity (Wildman–Crippen MR) is 132 cm³/mol. The first-order valence-corrected chi connectivity index (χ1v) is 12.0. The second-order valence-corrected chi connectivity index (χ2v) is 9.14. The van der Waals surface area contributed by atoms with Gasteiger partial charge >= 0.3 is 0 Å². The Bertz CT molecular complexity index is 1250. The summed E-state index contributed by atoms with van der Waals surface area (Å²) in [6.07, 6.45) is 6.94. The number of para-hydroxylation sites is 1. The number of carbonyl (C=O) groups excluding carboxylic acids is 1. The fraction of sp³-hybridized carbons (Fsp3) is 0.333. The van der Waals surface area contributed by atoms with Crippen molar-refractivity contribution in [2.24, 2.45) is 0 Å². The van der Waals surface area contributed by atoms with Gasteiger partial charge in [-0.3, -0.25) is 4.79 Å². The van der Waals surface area contributed by atoms with Gasteiger partial charge in [-0.15, -0.1) is 0 Å². The number of pyridine rings is 1. The highest BCUT2D eigenvalue weighted by Crippen LogP contribution is 2.33. The lowest BCUT2D eigenvalue weighted by Gasteiger charge is -2.20. The van der Waals surface area contributed by atoms with Gasteiger partial charge in [-0.2, -0.15) is 0 Å². The molecule has 1 amide bonds. The van der Waals surface area contributed by atoms with Gasteiger partial charge in [0, 0.05) is 40.8 Å². The van der Waals surface area contributed by atoms with E-state index in [1.807, 2.05) is 36.4 Å². The SMILES string of the molecule is O=C(CCCc1c(-c2ccc3ccccc3n2)[nH]c2ccc(Cl)cc12)N1CCCCCC1. The molecule has 0 radical (unpaired) electrons. The maximum atomic E-state index is 12.8. The number of carbonyl (C=O) groups is 1. The number of hydrogen-bond acceptors (Lipinski definition) is 2. The molecule has 4 aromatic rings. The maximum Gasteiger partial charge on any atom is 0.222 e. The van der Waals surface area contributed by atoms with Crippen LogP contribution < -0.4 is 0 Å². The molecule has 0 bridgehead atoms. The lowest BCUT2D eigenvalue weighted by atomic mass is 10.0. The van der Waals surface area contributed by atoms with Crippen molar-refractivity contribution in [3.8, 4) is 11.4 Å². The van der Waals surface area contributed by atoms with Crippen LogP contribution in [0.25, 0.3) is 33.2 Å². The van der Waals surface area contributed by atoms with E-state index in [4.69, 9.17) is 16.6 Å². The predicted octanol–water partition coefficient (Wildman–Crippen LogP) is 6.76. The van der Waals surface area contributed by atoms with Crippen LogP contribution in [0.5, 0.6) is 0 Å². The molecule has 1 aliphatic heterocycles. The first-order valence-electron chi connectivity index (χ1n) is 11.6. The number of benzene rings is 2. The molecule has 1 aliphatic rings. The Balaban J connectivity index is 1.43. The molecule has 32 heavy (non-hydrogen) atoms. The highest BCUT2D eigenvalue weighted by Gasteiger charge is 2.18. The summed E-state index contributed by atoms with van der Waals surface area (Å²) >= 11 is 6.34. The van der Waals surface area contributed by atoms with E-state index in [0.29, 0.717) is 6.42 Å². The van der Waals surface area contributed by atoms with Gasteiger partial charge in [0.1, 0.15) is 0 Å². The third kappa shape index (κ3) is 4.37. The van der Waals surface area contributed by atoms with E-state index in [0.717, 1.165) is 77.0 Å². The van der Waals surface area contributed by atoms with Crippen molar-refractivity contribution < 1.29 is 4.79 Å². The summed E-state index contributed by atoms with van der Waals surface area (Å²) < 4.78 is 0. The summed E-state index contributed by atoms with van der Waals surface area (Å²) in [5, 5.41) is 2.96. The van der Waals surface area contributed by atoms with Gasteiger partial charge < -0.3 is 9.88 Å². The van der Waals surface area contributed by atoms with Crippen LogP contribution in [-0.4, -0.2) is 33.9 Å². The first-order chi connectivity index (χ1) is 15.7. The van der Waals surface area contributed by atoms with Crippen molar-refractivity contribution in [3.63, 3.8) is 0 Å². The number of halogens is 1. The number of likely N-dealkylation sites (tertiary alicyclic amines) is 1. The van der Waals surface area contributed by atoms with Crippen LogP contribution in [0.4, 0.5) is 0 Å². The van der Waals surface area contributed by atoms with Crippen molar-refractivity contribution in [2.45, 2.75) is 44.9 Å². The molecule has 1 N–H and O–H groups in total. The van der Waals surface area contributed by atoms with Gasteiger partial charge in [-0.25, -0.2) is 4.98 Å². The van der Waals surface area contributed by atoms with E-state index < -0.39 is 0 Å². The fourth-order valence-electron chi connectivity index (χ4n) is 4.80. The fourth-order valence-corrected chi connectivity index (χ4v) is 4.97. The van der Waals surface area contributed by atoms with Crippen LogP contribution in [0.1, 0.15) is 44.1 Å². The number of aryl methyl sites for hydroxylation is 1. The van der Waals surface area contributed by atoms with Crippen molar-refractivity contribution in [1.82, 2.24) is 14.9 Å². The molecule has 5 rings (SSSR count). The number of fused-ring (bicyclic) bond motifs is 2. The number of H-pyrrole nitrogens is 1. The second kappa shape index (κ2) is 9.33. The summed E-state index contributed by atoms with van der Waals surface area (Å²) in [7, 11) is 0. The Morgan fingerprint density at radius 2 is 1.81 bits per heavy atom. The Morgan fingerprint density at radius 1 is 1.00 bits per heavy atom.